The van der Waals surface area contributed by atoms with Crippen LogP contribution in [-0.4, -0.2) is 17.2 Å². The second-order valence-corrected chi connectivity index (χ2v) is 7.45. The largest absolute Gasteiger partial charge is 0.277 e. The highest BCUT2D eigenvalue weighted by molar-refractivity contribution is 14.1. The lowest BCUT2D eigenvalue weighted by atomic mass is 10.3. The smallest absolute Gasteiger partial charge is 0.261 e. The Morgan fingerprint density at radius 2 is 1.80 bits per heavy atom. The van der Waals surface area contributed by atoms with Crippen LogP contribution in [-0.2, 0) is 10.0 Å². The Morgan fingerprint density at radius 3 is 2.55 bits per heavy atom. The molecule has 0 amide bonds. The number of benzene rings is 2. The SMILES string of the molecule is O=S(=O)(Nc1cccc2nsnc12)c1ccc(I)cc1. The van der Waals surface area contributed by atoms with E-state index >= 15 is 0 Å². The minimum absolute atomic E-state index is 0.220. The maximum Gasteiger partial charge on any atom is 0.261 e. The lowest BCUT2D eigenvalue weighted by molar-refractivity contribution is 0.601. The van der Waals surface area contributed by atoms with Gasteiger partial charge in [0.05, 0.1) is 22.3 Å². The number of hydrogen-bond acceptors (Lipinski definition) is 5. The van der Waals surface area contributed by atoms with Crippen LogP contribution in [0, 0.1) is 3.57 Å². The molecule has 0 spiro atoms. The molecule has 0 atom stereocenters. The van der Waals surface area contributed by atoms with Crippen LogP contribution in [0.2, 0.25) is 0 Å². The number of anilines is 1. The molecule has 1 heterocycles. The van der Waals surface area contributed by atoms with Gasteiger partial charge in [0.1, 0.15) is 11.0 Å². The maximum atomic E-state index is 12.3. The summed E-state index contributed by atoms with van der Waals surface area (Å²) in [5.41, 5.74) is 1.68. The van der Waals surface area contributed by atoms with E-state index < -0.39 is 10.0 Å². The molecule has 0 fully saturated rings. The first-order valence-electron chi connectivity index (χ1n) is 5.56. The average Bonchev–Trinajstić information content (AvgIpc) is 2.88. The van der Waals surface area contributed by atoms with Gasteiger partial charge in [0.2, 0.25) is 0 Å². The van der Waals surface area contributed by atoms with Crippen molar-refractivity contribution in [1.82, 2.24) is 8.75 Å². The van der Waals surface area contributed by atoms with E-state index in [-0.39, 0.29) is 4.90 Å². The summed E-state index contributed by atoms with van der Waals surface area (Å²) >= 11 is 3.18. The van der Waals surface area contributed by atoms with Crippen LogP contribution in [0.5, 0.6) is 0 Å². The van der Waals surface area contributed by atoms with Crippen molar-refractivity contribution in [3.63, 3.8) is 0 Å². The summed E-state index contributed by atoms with van der Waals surface area (Å²) < 4.78 is 36.4. The molecule has 8 heteroatoms. The zero-order valence-corrected chi connectivity index (χ0v) is 13.7. The number of rotatable bonds is 3. The molecule has 1 aromatic heterocycles. The fraction of sp³-hybridized carbons (Fsp3) is 0. The number of hydrogen-bond donors (Lipinski definition) is 1. The van der Waals surface area contributed by atoms with E-state index in [1.54, 1.807) is 42.5 Å². The molecule has 20 heavy (non-hydrogen) atoms. The van der Waals surface area contributed by atoms with Crippen LogP contribution >= 0.6 is 34.3 Å². The standard InChI is InChI=1S/C12H8IN3O2S2/c13-8-4-6-9(7-5-8)20(17,18)16-11-3-1-2-10-12(11)15-19-14-10/h1-7,16H. The van der Waals surface area contributed by atoms with E-state index in [1.807, 2.05) is 0 Å². The van der Waals surface area contributed by atoms with Crippen molar-refractivity contribution in [2.24, 2.45) is 0 Å². The Hall–Kier alpha value is -1.26. The van der Waals surface area contributed by atoms with E-state index in [1.165, 1.54) is 0 Å². The molecular formula is C12H8IN3O2S2. The molecule has 0 saturated heterocycles. The molecule has 2 aromatic carbocycles. The van der Waals surface area contributed by atoms with Crippen molar-refractivity contribution in [2.75, 3.05) is 4.72 Å². The van der Waals surface area contributed by atoms with Gasteiger partial charge in [0, 0.05) is 3.57 Å². The van der Waals surface area contributed by atoms with Crippen LogP contribution in [0.4, 0.5) is 5.69 Å². The summed E-state index contributed by atoms with van der Waals surface area (Å²) in [6, 6.07) is 11.9. The number of nitrogens with zero attached hydrogens (tertiary/aromatic N) is 2. The van der Waals surface area contributed by atoms with Gasteiger partial charge in [-0.3, -0.25) is 4.72 Å². The maximum absolute atomic E-state index is 12.3. The second-order valence-electron chi connectivity index (χ2n) is 4.00. The zero-order valence-electron chi connectivity index (χ0n) is 9.95. The van der Waals surface area contributed by atoms with Gasteiger partial charge >= 0.3 is 0 Å². The number of nitrogens with one attached hydrogen (secondary N) is 1. The molecule has 0 aliphatic rings. The van der Waals surface area contributed by atoms with Crippen LogP contribution in [0.1, 0.15) is 0 Å². The highest BCUT2D eigenvalue weighted by atomic mass is 127. The number of sulfonamides is 1. The highest BCUT2D eigenvalue weighted by Gasteiger charge is 2.16. The van der Waals surface area contributed by atoms with Crippen LogP contribution in [0.25, 0.3) is 11.0 Å². The van der Waals surface area contributed by atoms with Crippen molar-refractivity contribution >= 4 is 61.1 Å². The summed E-state index contributed by atoms with van der Waals surface area (Å²) in [4.78, 5) is 0.220. The van der Waals surface area contributed by atoms with Crippen molar-refractivity contribution in [1.29, 1.82) is 0 Å². The second kappa shape index (κ2) is 5.26. The molecule has 102 valence electrons. The molecule has 0 aliphatic heterocycles. The van der Waals surface area contributed by atoms with Gasteiger partial charge in [-0.05, 0) is 59.0 Å². The van der Waals surface area contributed by atoms with Crippen molar-refractivity contribution in [2.45, 2.75) is 4.90 Å². The summed E-state index contributed by atoms with van der Waals surface area (Å²) in [5.74, 6) is 0. The predicted octanol–water partition coefficient (Wildman–Crippen LogP) is 3.10. The minimum Gasteiger partial charge on any atom is -0.277 e. The molecule has 0 radical (unpaired) electrons. The van der Waals surface area contributed by atoms with E-state index in [9.17, 15) is 8.42 Å². The molecule has 0 aliphatic carbocycles. The minimum atomic E-state index is -3.62. The highest BCUT2D eigenvalue weighted by Crippen LogP contribution is 2.24. The lowest BCUT2D eigenvalue weighted by Gasteiger charge is -2.08. The molecule has 0 bridgehead atoms. The third-order valence-electron chi connectivity index (χ3n) is 2.65. The molecule has 3 rings (SSSR count). The van der Waals surface area contributed by atoms with Crippen molar-refractivity contribution in [3.05, 3.63) is 46.0 Å². The summed E-state index contributed by atoms with van der Waals surface area (Å²) in [6.07, 6.45) is 0. The Bertz CT molecular complexity index is 860. The Morgan fingerprint density at radius 1 is 1.05 bits per heavy atom. The van der Waals surface area contributed by atoms with Crippen molar-refractivity contribution in [3.8, 4) is 0 Å². The number of aromatic nitrogens is 2. The van der Waals surface area contributed by atoms with E-state index in [4.69, 9.17) is 0 Å². The van der Waals surface area contributed by atoms with Gasteiger partial charge < -0.3 is 0 Å². The molecular weight excluding hydrogens is 409 g/mol. The zero-order chi connectivity index (χ0) is 14.2. The van der Waals surface area contributed by atoms with E-state index in [2.05, 4.69) is 36.1 Å². The van der Waals surface area contributed by atoms with E-state index in [0.717, 1.165) is 15.3 Å². The Balaban J connectivity index is 2.01. The van der Waals surface area contributed by atoms with Gasteiger partial charge in [0.25, 0.3) is 10.0 Å². The van der Waals surface area contributed by atoms with Gasteiger partial charge in [0.15, 0.2) is 0 Å². The van der Waals surface area contributed by atoms with Crippen LogP contribution in [0.15, 0.2) is 47.4 Å². The van der Waals surface area contributed by atoms with Gasteiger partial charge in [-0.2, -0.15) is 8.75 Å². The summed E-state index contributed by atoms with van der Waals surface area (Å²) in [6.45, 7) is 0. The Labute approximate surface area is 133 Å². The molecule has 0 saturated carbocycles. The molecule has 3 aromatic rings. The fourth-order valence-electron chi connectivity index (χ4n) is 1.71. The first kappa shape index (κ1) is 13.7. The summed E-state index contributed by atoms with van der Waals surface area (Å²) in [5, 5.41) is 0. The third-order valence-corrected chi connectivity index (χ3v) is 5.30. The fourth-order valence-corrected chi connectivity index (χ4v) is 3.68. The monoisotopic (exact) mass is 417 g/mol. The van der Waals surface area contributed by atoms with Gasteiger partial charge in [-0.25, -0.2) is 8.42 Å². The normalized spacial score (nSPS) is 11.7. The quantitative estimate of drug-likeness (QED) is 0.665. The number of halogens is 1. The lowest BCUT2D eigenvalue weighted by Crippen LogP contribution is -2.13. The molecule has 1 N–H and O–H groups in total. The predicted molar refractivity (Wildman–Crippen MR) is 87.4 cm³/mol. The van der Waals surface area contributed by atoms with Crippen LogP contribution < -0.4 is 4.72 Å². The van der Waals surface area contributed by atoms with Crippen LogP contribution in [0.3, 0.4) is 0 Å². The first-order chi connectivity index (χ1) is 9.56. The third kappa shape index (κ3) is 2.63. The molecule has 0 unspecified atom stereocenters. The van der Waals surface area contributed by atoms with Crippen molar-refractivity contribution < 1.29 is 8.42 Å². The number of fused-ring (bicyclic) bond motifs is 1. The average molecular weight is 417 g/mol. The van der Waals surface area contributed by atoms with Gasteiger partial charge in [-0.1, -0.05) is 6.07 Å². The van der Waals surface area contributed by atoms with Gasteiger partial charge in [-0.15, -0.1) is 0 Å². The first-order valence-corrected chi connectivity index (χ1v) is 8.85. The van der Waals surface area contributed by atoms with E-state index in [0.29, 0.717) is 16.7 Å². The Kier molecular flexibility index (Phi) is 3.61. The molecule has 5 nitrogen and oxygen atoms in total. The summed E-state index contributed by atoms with van der Waals surface area (Å²) in [7, 11) is -3.62. The topological polar surface area (TPSA) is 72.0 Å².